The normalized spacial score (nSPS) is 22.2. The largest absolute Gasteiger partial charge is 0.339 e. The SMILES string of the molecule is CN(CC(=O)N1CCNCC1)C1CCCc2ccccc21. The molecule has 1 atom stereocenters. The zero-order valence-corrected chi connectivity index (χ0v) is 12.8. The van der Waals surface area contributed by atoms with Crippen LogP contribution in [0, 0.1) is 0 Å². The number of benzene rings is 1. The Hall–Kier alpha value is -1.39. The first-order chi connectivity index (χ1) is 10.3. The fraction of sp³-hybridized carbons (Fsp3) is 0.588. The Morgan fingerprint density at radius 3 is 2.90 bits per heavy atom. The van der Waals surface area contributed by atoms with Crippen molar-refractivity contribution in [2.45, 2.75) is 25.3 Å². The zero-order valence-electron chi connectivity index (χ0n) is 12.8. The number of likely N-dealkylation sites (N-methyl/N-ethyl adjacent to an activating group) is 1. The lowest BCUT2D eigenvalue weighted by Crippen LogP contribution is -2.49. The highest BCUT2D eigenvalue weighted by molar-refractivity contribution is 5.78. The molecule has 1 aromatic carbocycles. The van der Waals surface area contributed by atoms with Gasteiger partial charge in [0.25, 0.3) is 0 Å². The van der Waals surface area contributed by atoms with Crippen molar-refractivity contribution in [2.24, 2.45) is 0 Å². The number of hydrogen-bond donors (Lipinski definition) is 1. The summed E-state index contributed by atoms with van der Waals surface area (Å²) >= 11 is 0. The average molecular weight is 287 g/mol. The number of piperazine rings is 1. The van der Waals surface area contributed by atoms with Gasteiger partial charge >= 0.3 is 0 Å². The molecule has 1 fully saturated rings. The van der Waals surface area contributed by atoms with Crippen LogP contribution in [0.1, 0.15) is 30.0 Å². The second kappa shape index (κ2) is 6.58. The Kier molecular flexibility index (Phi) is 4.56. The van der Waals surface area contributed by atoms with E-state index in [0.717, 1.165) is 32.6 Å². The van der Waals surface area contributed by atoms with Crippen molar-refractivity contribution in [3.05, 3.63) is 35.4 Å². The van der Waals surface area contributed by atoms with E-state index in [9.17, 15) is 4.79 Å². The molecule has 0 radical (unpaired) electrons. The van der Waals surface area contributed by atoms with E-state index in [4.69, 9.17) is 0 Å². The second-order valence-electron chi connectivity index (χ2n) is 6.15. The van der Waals surface area contributed by atoms with E-state index in [-0.39, 0.29) is 5.91 Å². The van der Waals surface area contributed by atoms with Crippen molar-refractivity contribution in [2.75, 3.05) is 39.8 Å². The maximum absolute atomic E-state index is 12.4. The molecule has 3 rings (SSSR count). The van der Waals surface area contributed by atoms with Crippen LogP contribution in [-0.2, 0) is 11.2 Å². The van der Waals surface area contributed by atoms with Gasteiger partial charge in [-0.3, -0.25) is 9.69 Å². The van der Waals surface area contributed by atoms with Crippen molar-refractivity contribution < 1.29 is 4.79 Å². The third-order valence-electron chi connectivity index (χ3n) is 4.72. The molecule has 1 unspecified atom stereocenters. The van der Waals surface area contributed by atoms with Crippen LogP contribution >= 0.6 is 0 Å². The Labute approximate surface area is 127 Å². The van der Waals surface area contributed by atoms with Crippen molar-refractivity contribution >= 4 is 5.91 Å². The van der Waals surface area contributed by atoms with Crippen LogP contribution in [0.15, 0.2) is 24.3 Å². The number of nitrogens with one attached hydrogen (secondary N) is 1. The fourth-order valence-corrected chi connectivity index (χ4v) is 3.52. The van der Waals surface area contributed by atoms with Gasteiger partial charge in [-0.1, -0.05) is 24.3 Å². The summed E-state index contributed by atoms with van der Waals surface area (Å²) in [5.74, 6) is 0.266. The molecule has 1 N–H and O–H groups in total. The third kappa shape index (κ3) is 3.27. The standard InChI is InChI=1S/C17H25N3O/c1-19(13-17(21)20-11-9-18-10-12-20)16-8-4-6-14-5-2-3-7-15(14)16/h2-3,5,7,16,18H,4,6,8-13H2,1H3. The molecule has 114 valence electrons. The summed E-state index contributed by atoms with van der Waals surface area (Å²) in [5, 5.41) is 3.29. The predicted molar refractivity (Wildman–Crippen MR) is 84.2 cm³/mol. The smallest absolute Gasteiger partial charge is 0.236 e. The first-order valence-electron chi connectivity index (χ1n) is 8.02. The molecule has 0 bridgehead atoms. The van der Waals surface area contributed by atoms with Crippen molar-refractivity contribution in [3.8, 4) is 0 Å². The minimum atomic E-state index is 0.266. The maximum Gasteiger partial charge on any atom is 0.236 e. The molecule has 1 amide bonds. The van der Waals surface area contributed by atoms with Gasteiger partial charge in [0, 0.05) is 32.2 Å². The van der Waals surface area contributed by atoms with Gasteiger partial charge in [-0.15, -0.1) is 0 Å². The van der Waals surface area contributed by atoms with Gasteiger partial charge in [-0.25, -0.2) is 0 Å². The van der Waals surface area contributed by atoms with Gasteiger partial charge in [0.1, 0.15) is 0 Å². The highest BCUT2D eigenvalue weighted by Crippen LogP contribution is 2.33. The molecule has 1 aliphatic heterocycles. The van der Waals surface area contributed by atoms with Crippen molar-refractivity contribution in [3.63, 3.8) is 0 Å². The van der Waals surface area contributed by atoms with Crippen LogP contribution < -0.4 is 5.32 Å². The van der Waals surface area contributed by atoms with E-state index >= 15 is 0 Å². The molecule has 1 aliphatic carbocycles. The number of nitrogens with zero attached hydrogens (tertiary/aromatic N) is 2. The lowest BCUT2D eigenvalue weighted by atomic mass is 9.87. The topological polar surface area (TPSA) is 35.6 Å². The van der Waals surface area contributed by atoms with Gasteiger partial charge in [0.05, 0.1) is 6.54 Å². The van der Waals surface area contributed by atoms with Gasteiger partial charge in [0.2, 0.25) is 5.91 Å². The fourth-order valence-electron chi connectivity index (χ4n) is 3.52. The van der Waals surface area contributed by atoms with Crippen LogP contribution in [0.3, 0.4) is 0 Å². The summed E-state index contributed by atoms with van der Waals surface area (Å²) in [6, 6.07) is 9.08. The van der Waals surface area contributed by atoms with E-state index < -0.39 is 0 Å². The van der Waals surface area contributed by atoms with Crippen molar-refractivity contribution in [1.82, 2.24) is 15.1 Å². The van der Waals surface area contributed by atoms with E-state index in [2.05, 4.69) is 41.5 Å². The predicted octanol–water partition coefficient (Wildman–Crippen LogP) is 1.43. The summed E-state index contributed by atoms with van der Waals surface area (Å²) in [4.78, 5) is 16.6. The molecule has 4 nitrogen and oxygen atoms in total. The Bertz CT molecular complexity index is 497. The molecule has 21 heavy (non-hydrogen) atoms. The molecule has 4 heteroatoms. The van der Waals surface area contributed by atoms with E-state index in [1.807, 2.05) is 4.90 Å². The first kappa shape index (κ1) is 14.5. The van der Waals surface area contributed by atoms with E-state index in [1.165, 1.54) is 24.0 Å². The number of rotatable bonds is 3. The molecule has 0 aromatic heterocycles. The second-order valence-corrected chi connectivity index (χ2v) is 6.15. The number of hydrogen-bond acceptors (Lipinski definition) is 3. The Morgan fingerprint density at radius 1 is 1.33 bits per heavy atom. The summed E-state index contributed by atoms with van der Waals surface area (Å²) in [7, 11) is 2.09. The summed E-state index contributed by atoms with van der Waals surface area (Å²) in [5.41, 5.74) is 2.87. The van der Waals surface area contributed by atoms with Gasteiger partial charge < -0.3 is 10.2 Å². The van der Waals surface area contributed by atoms with Crippen LogP contribution in [0.25, 0.3) is 0 Å². The number of fused-ring (bicyclic) bond motifs is 1. The van der Waals surface area contributed by atoms with Crippen LogP contribution in [0.4, 0.5) is 0 Å². The zero-order chi connectivity index (χ0) is 14.7. The lowest BCUT2D eigenvalue weighted by molar-refractivity contribution is -0.133. The molecular weight excluding hydrogens is 262 g/mol. The first-order valence-corrected chi connectivity index (χ1v) is 8.02. The van der Waals surface area contributed by atoms with Gasteiger partial charge in [-0.05, 0) is 37.4 Å². The van der Waals surface area contributed by atoms with Crippen LogP contribution in [0.5, 0.6) is 0 Å². The number of amides is 1. The number of carbonyl (C=O) groups excluding carboxylic acids is 1. The summed E-state index contributed by atoms with van der Waals surface area (Å²) in [6.45, 7) is 4.05. The molecule has 1 saturated heterocycles. The lowest BCUT2D eigenvalue weighted by Gasteiger charge is -2.35. The van der Waals surface area contributed by atoms with Crippen LogP contribution in [-0.4, -0.2) is 55.5 Å². The average Bonchev–Trinajstić information content (AvgIpc) is 2.55. The molecule has 0 saturated carbocycles. The number of carbonyl (C=O) groups is 1. The molecule has 1 heterocycles. The van der Waals surface area contributed by atoms with Crippen LogP contribution in [0.2, 0.25) is 0 Å². The third-order valence-corrected chi connectivity index (χ3v) is 4.72. The molecule has 0 spiro atoms. The molecule has 2 aliphatic rings. The number of aryl methyl sites for hydroxylation is 1. The molecule has 1 aromatic rings. The van der Waals surface area contributed by atoms with Gasteiger partial charge in [0.15, 0.2) is 0 Å². The monoisotopic (exact) mass is 287 g/mol. The summed E-state index contributed by atoms with van der Waals surface area (Å²) < 4.78 is 0. The highest BCUT2D eigenvalue weighted by Gasteiger charge is 2.26. The van der Waals surface area contributed by atoms with Gasteiger partial charge in [-0.2, -0.15) is 0 Å². The minimum Gasteiger partial charge on any atom is -0.339 e. The van der Waals surface area contributed by atoms with E-state index in [1.54, 1.807) is 0 Å². The van der Waals surface area contributed by atoms with Crippen molar-refractivity contribution in [1.29, 1.82) is 0 Å². The maximum atomic E-state index is 12.4. The summed E-state index contributed by atoms with van der Waals surface area (Å²) in [6.07, 6.45) is 3.54. The quantitative estimate of drug-likeness (QED) is 0.913. The Balaban J connectivity index is 1.65. The molecular formula is C17H25N3O. The highest BCUT2D eigenvalue weighted by atomic mass is 16.2. The Morgan fingerprint density at radius 2 is 2.10 bits per heavy atom. The minimum absolute atomic E-state index is 0.266. The van der Waals surface area contributed by atoms with E-state index in [0.29, 0.717) is 12.6 Å².